The Balaban J connectivity index is 1.26. The molecule has 164 valence electrons. The molecule has 0 bridgehead atoms. The number of nitrogens with zero attached hydrogens (tertiary/aromatic N) is 5. The van der Waals surface area contributed by atoms with Crippen LogP contribution in [0.4, 0.5) is 0 Å². The van der Waals surface area contributed by atoms with Crippen LogP contribution >= 0.6 is 0 Å². The van der Waals surface area contributed by atoms with Crippen LogP contribution in [0.1, 0.15) is 31.2 Å². The maximum Gasteiger partial charge on any atom is 0.316 e. The summed E-state index contributed by atoms with van der Waals surface area (Å²) in [6, 6.07) is 11.5. The number of benzene rings is 1. The number of carboxylic acids is 1. The van der Waals surface area contributed by atoms with Gasteiger partial charge in [0, 0.05) is 29.7 Å². The lowest BCUT2D eigenvalue weighted by Crippen LogP contribution is -2.28. The third kappa shape index (κ3) is 4.36. The summed E-state index contributed by atoms with van der Waals surface area (Å²) >= 11 is 0. The maximum absolute atomic E-state index is 11.1. The van der Waals surface area contributed by atoms with Crippen LogP contribution in [0.2, 0.25) is 0 Å². The summed E-state index contributed by atoms with van der Waals surface area (Å²) < 4.78 is 5.83. The van der Waals surface area contributed by atoms with Gasteiger partial charge in [0.25, 0.3) is 0 Å². The Bertz CT molecular complexity index is 1330. The van der Waals surface area contributed by atoms with Gasteiger partial charge in [-0.05, 0) is 56.0 Å². The first-order chi connectivity index (χ1) is 16.1. The molecule has 0 saturated heterocycles. The topological polar surface area (TPSA) is 138 Å². The summed E-state index contributed by atoms with van der Waals surface area (Å²) in [6.45, 7) is 0. The fourth-order valence-electron chi connectivity index (χ4n) is 4.01. The van der Waals surface area contributed by atoms with E-state index in [-0.39, 0.29) is 18.0 Å². The minimum Gasteiger partial charge on any atom is -0.481 e. The van der Waals surface area contributed by atoms with Crippen LogP contribution in [0.5, 0.6) is 6.01 Å². The first-order valence-corrected chi connectivity index (χ1v) is 10.7. The van der Waals surface area contributed by atoms with E-state index in [9.17, 15) is 4.79 Å². The highest BCUT2D eigenvalue weighted by Gasteiger charge is 2.27. The predicted molar refractivity (Wildman–Crippen MR) is 119 cm³/mol. The molecular weight excluding hydrogens is 420 g/mol. The van der Waals surface area contributed by atoms with Crippen LogP contribution in [0.3, 0.4) is 0 Å². The zero-order valence-electron chi connectivity index (χ0n) is 17.6. The summed E-state index contributed by atoms with van der Waals surface area (Å²) in [6.07, 6.45) is 7.59. The highest BCUT2D eigenvalue weighted by Crippen LogP contribution is 2.27. The van der Waals surface area contributed by atoms with Gasteiger partial charge in [-0.25, -0.2) is 15.0 Å². The lowest BCUT2D eigenvalue weighted by molar-refractivity contribution is -0.143. The SMILES string of the molecule is N#Cc1ccc2nc(-c3ccc(-c4cnc(OC5CCC(C(=O)O)CC5)nc4)nc3)[nH]c2c1. The number of aliphatic carboxylic acids is 1. The Morgan fingerprint density at radius 3 is 2.45 bits per heavy atom. The number of rotatable bonds is 5. The van der Waals surface area contributed by atoms with Crippen molar-refractivity contribution >= 4 is 17.0 Å². The molecule has 1 aliphatic rings. The third-order valence-corrected chi connectivity index (χ3v) is 5.87. The van der Waals surface area contributed by atoms with E-state index < -0.39 is 5.97 Å². The third-order valence-electron chi connectivity index (χ3n) is 5.87. The zero-order chi connectivity index (χ0) is 22.8. The number of carboxylic acid groups (broad SMARTS) is 1. The lowest BCUT2D eigenvalue weighted by Gasteiger charge is -2.25. The minimum atomic E-state index is -0.735. The van der Waals surface area contributed by atoms with E-state index in [0.29, 0.717) is 37.1 Å². The van der Waals surface area contributed by atoms with Crippen molar-refractivity contribution in [2.45, 2.75) is 31.8 Å². The van der Waals surface area contributed by atoms with E-state index in [4.69, 9.17) is 15.1 Å². The van der Waals surface area contributed by atoms with E-state index in [1.807, 2.05) is 18.2 Å². The number of imidazole rings is 1. The van der Waals surface area contributed by atoms with Gasteiger partial charge in [0.2, 0.25) is 0 Å². The number of aromatic nitrogens is 5. The molecule has 1 aliphatic carbocycles. The van der Waals surface area contributed by atoms with Crippen molar-refractivity contribution in [3.63, 3.8) is 0 Å². The minimum absolute atomic E-state index is 0.0584. The van der Waals surface area contributed by atoms with E-state index in [1.165, 1.54) is 0 Å². The average molecular weight is 440 g/mol. The molecule has 0 spiro atoms. The second-order valence-electron chi connectivity index (χ2n) is 8.05. The number of hydrogen-bond acceptors (Lipinski definition) is 7. The van der Waals surface area contributed by atoms with Crippen LogP contribution in [0, 0.1) is 17.2 Å². The Labute approximate surface area is 189 Å². The fourth-order valence-corrected chi connectivity index (χ4v) is 4.01. The van der Waals surface area contributed by atoms with Gasteiger partial charge in [0.15, 0.2) is 0 Å². The second-order valence-corrected chi connectivity index (χ2v) is 8.05. The van der Waals surface area contributed by atoms with Gasteiger partial charge < -0.3 is 14.8 Å². The molecule has 2 N–H and O–H groups in total. The molecule has 1 fully saturated rings. The van der Waals surface area contributed by atoms with Gasteiger partial charge in [0.05, 0.1) is 34.3 Å². The van der Waals surface area contributed by atoms with Crippen molar-refractivity contribution in [2.75, 3.05) is 0 Å². The van der Waals surface area contributed by atoms with Gasteiger partial charge >= 0.3 is 12.0 Å². The van der Waals surface area contributed by atoms with E-state index >= 15 is 0 Å². The smallest absolute Gasteiger partial charge is 0.316 e. The molecule has 1 saturated carbocycles. The normalized spacial score (nSPS) is 18.0. The highest BCUT2D eigenvalue weighted by atomic mass is 16.5. The standard InChI is InChI=1S/C24H20N6O3/c25-10-14-1-7-20-21(9-14)30-22(29-20)16-4-8-19(26-11-16)17-12-27-24(28-13-17)33-18-5-2-15(3-6-18)23(31)32/h1,4,7-9,11-13,15,18H,2-3,5-6H2,(H,29,30)(H,31,32). The van der Waals surface area contributed by atoms with Crippen LogP contribution in [0.25, 0.3) is 33.7 Å². The van der Waals surface area contributed by atoms with Gasteiger partial charge in [-0.3, -0.25) is 9.78 Å². The van der Waals surface area contributed by atoms with Crippen LogP contribution < -0.4 is 4.74 Å². The van der Waals surface area contributed by atoms with E-state index in [1.54, 1.807) is 30.7 Å². The van der Waals surface area contributed by atoms with Gasteiger partial charge in [0.1, 0.15) is 11.9 Å². The Kier molecular flexibility index (Phi) is 5.40. The summed E-state index contributed by atoms with van der Waals surface area (Å²) in [7, 11) is 0. The molecule has 1 aromatic carbocycles. The number of carbonyl (C=O) groups is 1. The molecule has 4 aromatic rings. The summed E-state index contributed by atoms with van der Waals surface area (Å²) in [4.78, 5) is 32.0. The van der Waals surface area contributed by atoms with Crippen LogP contribution in [-0.2, 0) is 4.79 Å². The Hall–Kier alpha value is -4.32. The second kappa shape index (κ2) is 8.67. The van der Waals surface area contributed by atoms with E-state index in [2.05, 4.69) is 31.0 Å². The fraction of sp³-hybridized carbons (Fsp3) is 0.250. The first kappa shape index (κ1) is 20.6. The summed E-state index contributed by atoms with van der Waals surface area (Å²) in [5.74, 6) is -0.338. The van der Waals surface area contributed by atoms with Gasteiger partial charge in [-0.2, -0.15) is 5.26 Å². The number of nitrogens with one attached hydrogen (secondary N) is 1. The number of aromatic amines is 1. The molecule has 33 heavy (non-hydrogen) atoms. The molecule has 0 amide bonds. The number of nitriles is 1. The van der Waals surface area contributed by atoms with Crippen molar-refractivity contribution < 1.29 is 14.6 Å². The first-order valence-electron chi connectivity index (χ1n) is 10.7. The van der Waals surface area contributed by atoms with Crippen molar-refractivity contribution in [3.8, 4) is 34.7 Å². The molecule has 5 rings (SSSR count). The molecule has 0 aliphatic heterocycles. The predicted octanol–water partition coefficient (Wildman–Crippen LogP) is 3.98. The maximum atomic E-state index is 11.1. The quantitative estimate of drug-likeness (QED) is 0.475. The number of pyridine rings is 1. The van der Waals surface area contributed by atoms with E-state index in [0.717, 1.165) is 27.9 Å². The van der Waals surface area contributed by atoms with Crippen molar-refractivity contribution in [1.82, 2.24) is 24.9 Å². The molecule has 3 heterocycles. The summed E-state index contributed by atoms with van der Waals surface area (Å²) in [5.41, 5.74) is 4.46. The number of fused-ring (bicyclic) bond motifs is 1. The Morgan fingerprint density at radius 1 is 1.03 bits per heavy atom. The summed E-state index contributed by atoms with van der Waals surface area (Å²) in [5, 5.41) is 18.2. The van der Waals surface area contributed by atoms with Gasteiger partial charge in [-0.15, -0.1) is 0 Å². The number of ether oxygens (including phenoxy) is 1. The molecular formula is C24H20N6O3. The average Bonchev–Trinajstić information content (AvgIpc) is 3.28. The molecule has 9 nitrogen and oxygen atoms in total. The molecule has 0 radical (unpaired) electrons. The zero-order valence-corrected chi connectivity index (χ0v) is 17.6. The van der Waals surface area contributed by atoms with Crippen LogP contribution in [-0.4, -0.2) is 42.1 Å². The van der Waals surface area contributed by atoms with Crippen molar-refractivity contribution in [2.24, 2.45) is 5.92 Å². The lowest BCUT2D eigenvalue weighted by atomic mass is 9.87. The monoisotopic (exact) mass is 440 g/mol. The molecule has 0 unspecified atom stereocenters. The van der Waals surface area contributed by atoms with Gasteiger partial charge in [-0.1, -0.05) is 0 Å². The number of hydrogen-bond donors (Lipinski definition) is 2. The molecule has 9 heteroatoms. The largest absolute Gasteiger partial charge is 0.481 e. The van der Waals surface area contributed by atoms with Crippen LogP contribution in [0.15, 0.2) is 48.9 Å². The highest BCUT2D eigenvalue weighted by molar-refractivity contribution is 5.80. The number of H-pyrrole nitrogens is 1. The Morgan fingerprint density at radius 2 is 1.79 bits per heavy atom. The molecule has 0 atom stereocenters. The molecule has 3 aromatic heterocycles. The van der Waals surface area contributed by atoms with Crippen molar-refractivity contribution in [3.05, 3.63) is 54.5 Å². The van der Waals surface area contributed by atoms with Crippen molar-refractivity contribution in [1.29, 1.82) is 5.26 Å².